The number of hydrogen-bond donors (Lipinski definition) is 0. The smallest absolute Gasteiger partial charge is 0.0990 e. The monoisotopic (exact) mass is 95.1 g/mol. The highest BCUT2D eigenvalue weighted by Gasteiger charge is 2.22. The van der Waals surface area contributed by atoms with Crippen molar-refractivity contribution in [1.82, 2.24) is 4.90 Å². The molecule has 1 fully saturated rings. The van der Waals surface area contributed by atoms with Crippen LogP contribution >= 0.6 is 0 Å². The molecule has 1 atom stereocenters. The van der Waals surface area contributed by atoms with Crippen molar-refractivity contribution in [1.29, 1.82) is 5.26 Å². The van der Waals surface area contributed by atoms with Crippen LogP contribution in [0.15, 0.2) is 0 Å². The van der Waals surface area contributed by atoms with Crippen LogP contribution < -0.4 is 0 Å². The van der Waals surface area contributed by atoms with Crippen LogP contribution in [0.25, 0.3) is 0 Å². The largest absolute Gasteiger partial charge is 0.287 e. The van der Waals surface area contributed by atoms with Crippen molar-refractivity contribution in [3.05, 3.63) is 7.05 Å². The third-order valence-corrected chi connectivity index (χ3v) is 1.28. The average molecular weight is 95.1 g/mol. The Morgan fingerprint density at radius 3 is 2.57 bits per heavy atom. The van der Waals surface area contributed by atoms with E-state index < -0.39 is 0 Å². The maximum atomic E-state index is 8.22. The number of nitrogens with zero attached hydrogens (tertiary/aromatic N) is 2. The molecule has 2 heteroatoms. The molecule has 0 spiro atoms. The molecule has 1 radical (unpaired) electrons. The fourth-order valence-corrected chi connectivity index (χ4v) is 0.587. The second-order valence-electron chi connectivity index (χ2n) is 1.75. The maximum Gasteiger partial charge on any atom is 0.0990 e. The summed E-state index contributed by atoms with van der Waals surface area (Å²) in [6.07, 6.45) is 1.00. The SMILES string of the molecule is [CH2]N1CCC1C#N. The maximum absolute atomic E-state index is 8.22. The zero-order valence-electron chi connectivity index (χ0n) is 4.09. The predicted octanol–water partition coefficient (Wildman–Crippen LogP) is 0.376. The number of rotatable bonds is 0. The molecule has 2 nitrogen and oxygen atoms in total. The summed E-state index contributed by atoms with van der Waals surface area (Å²) >= 11 is 0. The summed E-state index contributed by atoms with van der Waals surface area (Å²) in [6.45, 7) is 0.984. The molecule has 0 aliphatic carbocycles. The summed E-state index contributed by atoms with van der Waals surface area (Å²) in [7, 11) is 3.61. The average Bonchev–Trinajstić information content (AvgIpc) is 1.65. The first-order valence-electron chi connectivity index (χ1n) is 2.31. The van der Waals surface area contributed by atoms with Gasteiger partial charge in [0.15, 0.2) is 0 Å². The van der Waals surface area contributed by atoms with E-state index in [9.17, 15) is 0 Å². The summed E-state index contributed by atoms with van der Waals surface area (Å²) in [4.78, 5) is 1.79. The highest BCUT2D eigenvalue weighted by atomic mass is 15.2. The standard InChI is InChI=1S/C5H7N2/c1-7-3-2-5(7)4-6/h5H,1-3H2. The molecule has 0 aromatic rings. The van der Waals surface area contributed by atoms with Crippen LogP contribution in [0, 0.1) is 18.4 Å². The van der Waals surface area contributed by atoms with Crippen LogP contribution in [0.5, 0.6) is 0 Å². The molecule has 0 aromatic heterocycles. The number of hydrogen-bond acceptors (Lipinski definition) is 2. The second-order valence-corrected chi connectivity index (χ2v) is 1.75. The lowest BCUT2D eigenvalue weighted by atomic mass is 10.1. The third-order valence-electron chi connectivity index (χ3n) is 1.28. The van der Waals surface area contributed by atoms with Crippen molar-refractivity contribution >= 4 is 0 Å². The van der Waals surface area contributed by atoms with Crippen LogP contribution in [-0.4, -0.2) is 17.5 Å². The lowest BCUT2D eigenvalue weighted by Gasteiger charge is -2.31. The molecular formula is C5H7N2. The molecule has 1 rings (SSSR count). The zero-order chi connectivity index (χ0) is 5.28. The Hall–Kier alpha value is -0.550. The molecule has 1 aliphatic rings. The van der Waals surface area contributed by atoms with E-state index in [0.29, 0.717) is 0 Å². The van der Waals surface area contributed by atoms with Gasteiger partial charge in [-0.15, -0.1) is 0 Å². The van der Waals surface area contributed by atoms with Crippen molar-refractivity contribution < 1.29 is 0 Å². The van der Waals surface area contributed by atoms with Gasteiger partial charge in [0.05, 0.1) is 12.1 Å². The molecule has 0 bridgehead atoms. The van der Waals surface area contributed by atoms with Crippen molar-refractivity contribution in [2.75, 3.05) is 6.54 Å². The van der Waals surface area contributed by atoms with Crippen molar-refractivity contribution in [3.63, 3.8) is 0 Å². The van der Waals surface area contributed by atoms with Gasteiger partial charge in [0.2, 0.25) is 0 Å². The van der Waals surface area contributed by atoms with Gasteiger partial charge in [-0.3, -0.25) is 4.90 Å². The van der Waals surface area contributed by atoms with E-state index in [1.54, 1.807) is 4.90 Å². The van der Waals surface area contributed by atoms with Gasteiger partial charge in [-0.05, 0) is 6.42 Å². The Kier molecular flexibility index (Phi) is 0.994. The molecule has 1 saturated heterocycles. The Morgan fingerprint density at radius 2 is 2.57 bits per heavy atom. The highest BCUT2D eigenvalue weighted by Crippen LogP contribution is 2.12. The predicted molar refractivity (Wildman–Crippen MR) is 26.1 cm³/mol. The van der Waals surface area contributed by atoms with E-state index in [1.165, 1.54) is 0 Å². The van der Waals surface area contributed by atoms with Crippen LogP contribution in [0.1, 0.15) is 6.42 Å². The fourth-order valence-electron chi connectivity index (χ4n) is 0.587. The van der Waals surface area contributed by atoms with E-state index in [1.807, 2.05) is 0 Å². The van der Waals surface area contributed by atoms with Gasteiger partial charge in [0.1, 0.15) is 0 Å². The molecule has 7 heavy (non-hydrogen) atoms. The normalized spacial score (nSPS) is 31.1. The van der Waals surface area contributed by atoms with Gasteiger partial charge < -0.3 is 0 Å². The number of nitriles is 1. The molecule has 1 unspecified atom stereocenters. The summed E-state index contributed by atoms with van der Waals surface area (Å²) in [5, 5.41) is 8.22. The van der Waals surface area contributed by atoms with E-state index >= 15 is 0 Å². The molecule has 0 amide bonds. The summed E-state index contributed by atoms with van der Waals surface area (Å²) in [5.74, 6) is 0. The van der Waals surface area contributed by atoms with E-state index in [4.69, 9.17) is 5.26 Å². The first-order valence-corrected chi connectivity index (χ1v) is 2.31. The Balaban J connectivity index is 2.33. The Morgan fingerprint density at radius 1 is 1.86 bits per heavy atom. The fraction of sp³-hybridized carbons (Fsp3) is 0.600. The van der Waals surface area contributed by atoms with Gasteiger partial charge >= 0.3 is 0 Å². The van der Waals surface area contributed by atoms with E-state index in [0.717, 1.165) is 13.0 Å². The van der Waals surface area contributed by atoms with Gasteiger partial charge in [-0.25, -0.2) is 0 Å². The summed E-state index contributed by atoms with van der Waals surface area (Å²) in [5.41, 5.74) is 0. The van der Waals surface area contributed by atoms with Crippen molar-refractivity contribution in [3.8, 4) is 6.07 Å². The minimum absolute atomic E-state index is 0.111. The lowest BCUT2D eigenvalue weighted by Crippen LogP contribution is -2.41. The Bertz CT molecular complexity index is 103. The van der Waals surface area contributed by atoms with Crippen LogP contribution in [0.2, 0.25) is 0 Å². The van der Waals surface area contributed by atoms with Gasteiger partial charge in [-0.1, -0.05) is 0 Å². The first-order chi connectivity index (χ1) is 3.34. The first kappa shape index (κ1) is 4.61. The van der Waals surface area contributed by atoms with E-state index in [2.05, 4.69) is 13.1 Å². The Labute approximate surface area is 43.3 Å². The summed E-state index contributed by atoms with van der Waals surface area (Å²) in [6, 6.07) is 2.23. The third kappa shape index (κ3) is 0.594. The van der Waals surface area contributed by atoms with Crippen LogP contribution in [-0.2, 0) is 0 Å². The molecular weight excluding hydrogens is 88.1 g/mol. The quantitative estimate of drug-likeness (QED) is 0.434. The molecule has 0 aromatic carbocycles. The minimum Gasteiger partial charge on any atom is -0.287 e. The van der Waals surface area contributed by atoms with Crippen LogP contribution in [0.4, 0.5) is 0 Å². The molecule has 1 aliphatic heterocycles. The van der Waals surface area contributed by atoms with Gasteiger partial charge in [0.25, 0.3) is 0 Å². The van der Waals surface area contributed by atoms with Crippen LogP contribution in [0.3, 0.4) is 0 Å². The molecule has 0 N–H and O–H groups in total. The minimum atomic E-state index is 0.111. The highest BCUT2D eigenvalue weighted by molar-refractivity contribution is 4.98. The van der Waals surface area contributed by atoms with Gasteiger partial charge in [0, 0.05) is 13.6 Å². The van der Waals surface area contributed by atoms with Gasteiger partial charge in [-0.2, -0.15) is 5.26 Å². The molecule has 1 heterocycles. The molecule has 37 valence electrons. The van der Waals surface area contributed by atoms with Crippen molar-refractivity contribution in [2.24, 2.45) is 0 Å². The lowest BCUT2D eigenvalue weighted by molar-refractivity contribution is 0.199. The second kappa shape index (κ2) is 1.51. The summed E-state index contributed by atoms with van der Waals surface area (Å²) < 4.78 is 0. The topological polar surface area (TPSA) is 27.0 Å². The van der Waals surface area contributed by atoms with E-state index in [-0.39, 0.29) is 6.04 Å². The molecule has 0 saturated carbocycles. The van der Waals surface area contributed by atoms with Crippen molar-refractivity contribution in [2.45, 2.75) is 12.5 Å². The number of likely N-dealkylation sites (tertiary alicyclic amines) is 1. The zero-order valence-corrected chi connectivity index (χ0v) is 4.09.